The summed E-state index contributed by atoms with van der Waals surface area (Å²) in [5, 5.41) is 12.6. The Morgan fingerprint density at radius 1 is 0.704 bits per heavy atom. The van der Waals surface area contributed by atoms with Gasteiger partial charge in [-0.2, -0.15) is 0 Å². The molecule has 0 unspecified atom stereocenters. The van der Waals surface area contributed by atoms with E-state index in [2.05, 4.69) is 53.4 Å². The normalized spacial score (nSPS) is 12.1. The Labute approximate surface area is 161 Å². The van der Waals surface area contributed by atoms with Crippen LogP contribution in [0.2, 0.25) is 0 Å². The maximum atomic E-state index is 12.6. The van der Waals surface area contributed by atoms with Crippen LogP contribution in [0.4, 0.5) is 0 Å². The van der Waals surface area contributed by atoms with Crippen LogP contribution in [0.5, 0.6) is 0 Å². The molecule has 3 heteroatoms. The van der Waals surface area contributed by atoms with E-state index in [1.54, 1.807) is 0 Å². The number of rotatable bonds is 8. The Morgan fingerprint density at radius 2 is 1.11 bits per heavy atom. The van der Waals surface area contributed by atoms with E-state index in [0.717, 1.165) is 29.1 Å². The molecule has 27 heavy (non-hydrogen) atoms. The molecule has 0 radical (unpaired) electrons. The van der Waals surface area contributed by atoms with Gasteiger partial charge in [0.05, 0.1) is 6.54 Å². The van der Waals surface area contributed by atoms with Gasteiger partial charge in [0.1, 0.15) is 0 Å². The van der Waals surface area contributed by atoms with Gasteiger partial charge in [0.2, 0.25) is 0 Å². The van der Waals surface area contributed by atoms with Gasteiger partial charge in [-0.1, -0.05) is 91.0 Å². The molecule has 138 valence electrons. The van der Waals surface area contributed by atoms with Crippen LogP contribution in [-0.2, 0) is 19.6 Å². The fourth-order valence-electron chi connectivity index (χ4n) is 3.14. The minimum atomic E-state index is 0.386. The van der Waals surface area contributed by atoms with Crippen LogP contribution in [-0.4, -0.2) is 21.9 Å². The molecule has 0 spiro atoms. The van der Waals surface area contributed by atoms with Crippen LogP contribution in [0.15, 0.2) is 91.0 Å². The van der Waals surface area contributed by atoms with Crippen LogP contribution >= 0.6 is 0 Å². The van der Waals surface area contributed by atoms with Crippen molar-refractivity contribution in [1.29, 1.82) is 0 Å². The molecule has 0 aliphatic rings. The zero-order valence-corrected chi connectivity index (χ0v) is 15.8. The second-order valence-corrected chi connectivity index (χ2v) is 6.87. The van der Waals surface area contributed by atoms with E-state index >= 15 is 0 Å². The third-order valence-corrected chi connectivity index (χ3v) is 4.55. The van der Waals surface area contributed by atoms with Gasteiger partial charge in [-0.3, -0.25) is 4.90 Å². The summed E-state index contributed by atoms with van der Waals surface area (Å²) in [4.78, 5) is 2.32. The predicted molar refractivity (Wildman–Crippen MR) is 111 cm³/mol. The molecule has 0 aliphatic heterocycles. The number of hydrogen-bond donors (Lipinski definition) is 0. The first-order valence-corrected chi connectivity index (χ1v) is 9.32. The average Bonchev–Trinajstić information content (AvgIpc) is 2.70. The molecule has 0 heterocycles. The highest BCUT2D eigenvalue weighted by atomic mass is 16.5. The highest BCUT2D eigenvalue weighted by Gasteiger charge is 2.13. The molecule has 0 fully saturated rings. The van der Waals surface area contributed by atoms with Gasteiger partial charge in [0, 0.05) is 25.6 Å². The van der Waals surface area contributed by atoms with Crippen molar-refractivity contribution in [2.45, 2.75) is 26.6 Å². The number of hydrogen-bond acceptors (Lipinski definition) is 2. The fourth-order valence-corrected chi connectivity index (χ4v) is 3.14. The average molecular weight is 358 g/mol. The molecule has 3 aromatic rings. The van der Waals surface area contributed by atoms with E-state index in [1.807, 2.05) is 49.4 Å². The maximum absolute atomic E-state index is 12.6. The molecule has 0 saturated heterocycles. The molecule has 3 aromatic carbocycles. The van der Waals surface area contributed by atoms with Gasteiger partial charge in [-0.15, -0.1) is 0 Å². The number of benzene rings is 3. The largest absolute Gasteiger partial charge is 0.624 e. The van der Waals surface area contributed by atoms with Crippen molar-refractivity contribution < 1.29 is 4.74 Å². The molecule has 0 saturated carbocycles. The van der Waals surface area contributed by atoms with Gasteiger partial charge in [-0.05, 0) is 11.1 Å². The second kappa shape index (κ2) is 9.70. The Morgan fingerprint density at radius 3 is 1.56 bits per heavy atom. The topological polar surface area (TPSA) is 29.3 Å². The number of hydroxylamine groups is 1. The predicted octanol–water partition coefficient (Wildman–Crippen LogP) is 4.86. The highest BCUT2D eigenvalue weighted by Crippen LogP contribution is 2.10. The molecule has 3 rings (SSSR count). The molecule has 0 aliphatic carbocycles. The summed E-state index contributed by atoms with van der Waals surface area (Å²) < 4.78 is 1.11. The van der Waals surface area contributed by atoms with E-state index < -0.39 is 0 Å². The van der Waals surface area contributed by atoms with Gasteiger partial charge in [0.15, 0.2) is 12.3 Å². The maximum Gasteiger partial charge on any atom is 0.178 e. The molecule has 3 nitrogen and oxygen atoms in total. The molecule has 0 N–H and O–H groups in total. The van der Waals surface area contributed by atoms with Crippen molar-refractivity contribution in [3.8, 4) is 0 Å². The molecular formula is C24H26N2O. The molecule has 0 aromatic heterocycles. The minimum Gasteiger partial charge on any atom is -0.624 e. The molecule has 0 amide bonds. The summed E-state index contributed by atoms with van der Waals surface area (Å²) in [6, 6.07) is 30.7. The van der Waals surface area contributed by atoms with Crippen LogP contribution in [0.1, 0.15) is 23.6 Å². The first-order valence-electron chi connectivity index (χ1n) is 9.32. The van der Waals surface area contributed by atoms with E-state index in [1.165, 1.54) is 11.1 Å². The van der Waals surface area contributed by atoms with Crippen molar-refractivity contribution in [3.05, 3.63) is 113 Å². The quantitative estimate of drug-likeness (QED) is 0.249. The van der Waals surface area contributed by atoms with E-state index in [4.69, 9.17) is 0 Å². The first kappa shape index (κ1) is 18.9. The first-order chi connectivity index (χ1) is 13.2. The van der Waals surface area contributed by atoms with E-state index in [0.29, 0.717) is 13.1 Å². The van der Waals surface area contributed by atoms with Gasteiger partial charge >= 0.3 is 0 Å². The SMILES string of the molecule is C/C(CN(Cc1ccccc1)Cc1ccccc1)=[N+](/[O-])Cc1ccccc1. The van der Waals surface area contributed by atoms with Crippen LogP contribution in [0.3, 0.4) is 0 Å². The van der Waals surface area contributed by atoms with Gasteiger partial charge in [0.25, 0.3) is 0 Å². The molecule has 0 atom stereocenters. The summed E-state index contributed by atoms with van der Waals surface area (Å²) in [6.45, 7) is 4.58. The zero-order valence-electron chi connectivity index (χ0n) is 15.8. The summed E-state index contributed by atoms with van der Waals surface area (Å²) >= 11 is 0. The summed E-state index contributed by atoms with van der Waals surface area (Å²) in [6.07, 6.45) is 0. The number of nitrogens with zero attached hydrogens (tertiary/aromatic N) is 2. The summed E-state index contributed by atoms with van der Waals surface area (Å²) in [5.41, 5.74) is 4.36. The summed E-state index contributed by atoms with van der Waals surface area (Å²) in [7, 11) is 0. The third kappa shape index (κ3) is 6.08. The van der Waals surface area contributed by atoms with Crippen LogP contribution < -0.4 is 0 Å². The monoisotopic (exact) mass is 358 g/mol. The van der Waals surface area contributed by atoms with Gasteiger partial charge in [-0.25, -0.2) is 4.74 Å². The van der Waals surface area contributed by atoms with E-state index in [-0.39, 0.29) is 0 Å². The van der Waals surface area contributed by atoms with Crippen molar-refractivity contribution >= 4 is 5.71 Å². The Bertz CT molecular complexity index is 804. The van der Waals surface area contributed by atoms with Crippen molar-refractivity contribution in [2.24, 2.45) is 0 Å². The Kier molecular flexibility index (Phi) is 6.78. The lowest BCUT2D eigenvalue weighted by atomic mass is 10.1. The van der Waals surface area contributed by atoms with Gasteiger partial charge < -0.3 is 5.21 Å². The third-order valence-electron chi connectivity index (χ3n) is 4.55. The van der Waals surface area contributed by atoms with Crippen LogP contribution in [0.25, 0.3) is 0 Å². The van der Waals surface area contributed by atoms with E-state index in [9.17, 15) is 5.21 Å². The fraction of sp³-hybridized carbons (Fsp3) is 0.208. The second-order valence-electron chi connectivity index (χ2n) is 6.87. The Balaban J connectivity index is 1.74. The summed E-state index contributed by atoms with van der Waals surface area (Å²) in [5.74, 6) is 0. The van der Waals surface area contributed by atoms with Crippen molar-refractivity contribution in [2.75, 3.05) is 6.54 Å². The molecular weight excluding hydrogens is 332 g/mol. The lowest BCUT2D eigenvalue weighted by Crippen LogP contribution is -2.31. The zero-order chi connectivity index (χ0) is 18.9. The molecule has 0 bridgehead atoms. The van der Waals surface area contributed by atoms with Crippen molar-refractivity contribution in [3.63, 3.8) is 0 Å². The minimum absolute atomic E-state index is 0.386. The van der Waals surface area contributed by atoms with Crippen LogP contribution in [0, 0.1) is 5.21 Å². The Hall–Kier alpha value is -2.91. The lowest BCUT2D eigenvalue weighted by Gasteiger charge is -2.22. The van der Waals surface area contributed by atoms with Crippen molar-refractivity contribution in [1.82, 2.24) is 4.90 Å². The smallest absolute Gasteiger partial charge is 0.178 e. The highest BCUT2D eigenvalue weighted by molar-refractivity contribution is 5.79. The standard InChI is InChI=1S/C24H26N2O/c1-21(26(27)20-24-15-9-4-10-16-24)17-25(18-22-11-5-2-6-12-22)19-23-13-7-3-8-14-23/h2-16H,17-20H2,1H3/b26-21-. The lowest BCUT2D eigenvalue weighted by molar-refractivity contribution is -0.476.